The second kappa shape index (κ2) is 6.79. The van der Waals surface area contributed by atoms with Gasteiger partial charge in [0, 0.05) is 32.8 Å². The van der Waals surface area contributed by atoms with Crippen LogP contribution in [0.25, 0.3) is 0 Å². The Hall–Kier alpha value is -1.40. The van der Waals surface area contributed by atoms with Crippen molar-refractivity contribution in [2.24, 2.45) is 5.92 Å². The first-order chi connectivity index (χ1) is 10.7. The molecule has 0 saturated carbocycles. The third-order valence-electron chi connectivity index (χ3n) is 4.48. The number of nitrogens with zero attached hydrogens (tertiary/aromatic N) is 4. The highest BCUT2D eigenvalue weighted by Gasteiger charge is 2.27. The molecule has 2 saturated heterocycles. The Bertz CT molecular complexity index is 540. The number of hydrogen-bond acceptors (Lipinski definition) is 5. The standard InChI is InChI=1S/C15H21ClN4O2/c16-12-9-17-15(20-5-1-2-6-20)18-13(12)14(22)19-7-3-11(10-21)4-8-19/h9,11,21H,1-8,10H2. The van der Waals surface area contributed by atoms with Gasteiger partial charge in [-0.1, -0.05) is 11.6 Å². The molecule has 0 bridgehead atoms. The van der Waals surface area contributed by atoms with Crippen LogP contribution in [0, 0.1) is 5.92 Å². The average Bonchev–Trinajstić information content (AvgIpc) is 3.09. The lowest BCUT2D eigenvalue weighted by Gasteiger charge is -2.31. The monoisotopic (exact) mass is 324 g/mol. The highest BCUT2D eigenvalue weighted by atomic mass is 35.5. The first kappa shape index (κ1) is 15.5. The molecule has 2 aliphatic heterocycles. The highest BCUT2D eigenvalue weighted by Crippen LogP contribution is 2.23. The van der Waals surface area contributed by atoms with E-state index in [1.54, 1.807) is 4.90 Å². The lowest BCUT2D eigenvalue weighted by atomic mass is 9.98. The molecule has 120 valence electrons. The minimum absolute atomic E-state index is 0.135. The van der Waals surface area contributed by atoms with Crippen LogP contribution in [0.3, 0.4) is 0 Å². The molecule has 7 heteroatoms. The summed E-state index contributed by atoms with van der Waals surface area (Å²) < 4.78 is 0. The van der Waals surface area contributed by atoms with Gasteiger partial charge >= 0.3 is 0 Å². The lowest BCUT2D eigenvalue weighted by molar-refractivity contribution is 0.0645. The second-order valence-corrected chi connectivity index (χ2v) is 6.39. The summed E-state index contributed by atoms with van der Waals surface area (Å²) in [5, 5.41) is 9.49. The summed E-state index contributed by atoms with van der Waals surface area (Å²) in [7, 11) is 0. The summed E-state index contributed by atoms with van der Waals surface area (Å²) in [4.78, 5) is 25.2. The van der Waals surface area contributed by atoms with Gasteiger partial charge in [-0.25, -0.2) is 9.97 Å². The number of amides is 1. The van der Waals surface area contributed by atoms with Gasteiger partial charge in [0.2, 0.25) is 5.95 Å². The first-order valence-corrected chi connectivity index (χ1v) is 8.24. The molecule has 0 aliphatic carbocycles. The third-order valence-corrected chi connectivity index (χ3v) is 4.76. The molecule has 1 amide bonds. The topological polar surface area (TPSA) is 69.6 Å². The molecular formula is C15H21ClN4O2. The Morgan fingerprint density at radius 2 is 1.95 bits per heavy atom. The van der Waals surface area contributed by atoms with Gasteiger partial charge in [-0.2, -0.15) is 0 Å². The molecule has 0 unspecified atom stereocenters. The number of carbonyl (C=O) groups is 1. The molecule has 1 N–H and O–H groups in total. The fourth-order valence-corrected chi connectivity index (χ4v) is 3.22. The van der Waals surface area contributed by atoms with Crippen molar-refractivity contribution in [3.8, 4) is 0 Å². The molecular weight excluding hydrogens is 304 g/mol. The van der Waals surface area contributed by atoms with Gasteiger partial charge in [0.25, 0.3) is 5.91 Å². The van der Waals surface area contributed by atoms with Gasteiger partial charge in [0.15, 0.2) is 5.69 Å². The molecule has 6 nitrogen and oxygen atoms in total. The molecule has 2 aliphatic rings. The van der Waals surface area contributed by atoms with Crippen LogP contribution in [0.2, 0.25) is 5.02 Å². The number of aliphatic hydroxyl groups excluding tert-OH is 1. The van der Waals surface area contributed by atoms with E-state index >= 15 is 0 Å². The smallest absolute Gasteiger partial charge is 0.274 e. The number of likely N-dealkylation sites (tertiary alicyclic amines) is 1. The summed E-state index contributed by atoms with van der Waals surface area (Å²) in [6, 6.07) is 0. The van der Waals surface area contributed by atoms with E-state index < -0.39 is 0 Å². The van der Waals surface area contributed by atoms with E-state index in [-0.39, 0.29) is 12.5 Å². The third kappa shape index (κ3) is 3.17. The molecule has 3 heterocycles. The van der Waals surface area contributed by atoms with Crippen LogP contribution >= 0.6 is 11.6 Å². The van der Waals surface area contributed by atoms with Crippen LogP contribution in [0.4, 0.5) is 5.95 Å². The number of piperidine rings is 1. The maximum Gasteiger partial charge on any atom is 0.274 e. The van der Waals surface area contributed by atoms with Gasteiger partial charge in [0.1, 0.15) is 0 Å². The van der Waals surface area contributed by atoms with Gasteiger partial charge in [-0.15, -0.1) is 0 Å². The predicted molar refractivity (Wildman–Crippen MR) is 84.2 cm³/mol. The largest absolute Gasteiger partial charge is 0.396 e. The number of anilines is 1. The zero-order chi connectivity index (χ0) is 15.5. The molecule has 2 fully saturated rings. The van der Waals surface area contributed by atoms with E-state index in [9.17, 15) is 9.90 Å². The number of hydrogen-bond donors (Lipinski definition) is 1. The van der Waals surface area contributed by atoms with Gasteiger partial charge in [0.05, 0.1) is 11.2 Å². The minimum Gasteiger partial charge on any atom is -0.396 e. The number of carbonyl (C=O) groups excluding carboxylic acids is 1. The number of halogens is 1. The molecule has 0 spiro atoms. The van der Waals surface area contributed by atoms with Crippen molar-refractivity contribution < 1.29 is 9.90 Å². The Kier molecular flexibility index (Phi) is 4.78. The van der Waals surface area contributed by atoms with Crippen molar-refractivity contribution >= 4 is 23.5 Å². The summed E-state index contributed by atoms with van der Waals surface area (Å²) in [6.45, 7) is 3.33. The van der Waals surface area contributed by atoms with E-state index in [1.807, 2.05) is 0 Å². The maximum absolute atomic E-state index is 12.7. The minimum atomic E-state index is -0.135. The maximum atomic E-state index is 12.7. The fraction of sp³-hybridized carbons (Fsp3) is 0.667. The normalized spacial score (nSPS) is 19.7. The Morgan fingerprint density at radius 1 is 1.27 bits per heavy atom. The quantitative estimate of drug-likeness (QED) is 0.914. The Labute approximate surface area is 135 Å². The molecule has 3 rings (SSSR count). The summed E-state index contributed by atoms with van der Waals surface area (Å²) in [5.41, 5.74) is 0.293. The zero-order valence-electron chi connectivity index (χ0n) is 12.5. The van der Waals surface area contributed by atoms with Gasteiger partial charge in [-0.05, 0) is 31.6 Å². The van der Waals surface area contributed by atoms with Crippen molar-refractivity contribution in [3.05, 3.63) is 16.9 Å². The lowest BCUT2D eigenvalue weighted by Crippen LogP contribution is -2.40. The molecule has 22 heavy (non-hydrogen) atoms. The van der Waals surface area contributed by atoms with Crippen molar-refractivity contribution in [2.75, 3.05) is 37.7 Å². The van der Waals surface area contributed by atoms with Crippen LogP contribution in [-0.4, -0.2) is 58.7 Å². The molecule has 1 aromatic heterocycles. The first-order valence-electron chi connectivity index (χ1n) is 7.86. The van der Waals surface area contributed by atoms with E-state index in [4.69, 9.17) is 11.6 Å². The van der Waals surface area contributed by atoms with E-state index in [1.165, 1.54) is 6.20 Å². The SMILES string of the molecule is O=C(c1nc(N2CCCC2)ncc1Cl)N1CCC(CO)CC1. The average molecular weight is 325 g/mol. The second-order valence-electron chi connectivity index (χ2n) is 5.98. The van der Waals surface area contributed by atoms with Crippen LogP contribution in [-0.2, 0) is 0 Å². The fourth-order valence-electron chi connectivity index (χ4n) is 3.05. The Balaban J connectivity index is 1.75. The van der Waals surface area contributed by atoms with Gasteiger partial charge in [-0.3, -0.25) is 4.79 Å². The molecule has 0 radical (unpaired) electrons. The summed E-state index contributed by atoms with van der Waals surface area (Å²) >= 11 is 6.14. The number of aromatic nitrogens is 2. The van der Waals surface area contributed by atoms with E-state index in [0.717, 1.165) is 38.8 Å². The molecule has 1 aromatic rings. The highest BCUT2D eigenvalue weighted by molar-refractivity contribution is 6.33. The van der Waals surface area contributed by atoms with Crippen LogP contribution in [0.15, 0.2) is 6.20 Å². The predicted octanol–water partition coefficient (Wildman–Crippen LogP) is 1.57. The van der Waals surface area contributed by atoms with Crippen molar-refractivity contribution in [2.45, 2.75) is 25.7 Å². The van der Waals surface area contributed by atoms with Crippen molar-refractivity contribution in [1.29, 1.82) is 0 Å². The molecule has 0 aromatic carbocycles. The van der Waals surface area contributed by atoms with Crippen molar-refractivity contribution in [1.82, 2.24) is 14.9 Å². The molecule has 0 atom stereocenters. The van der Waals surface area contributed by atoms with Gasteiger partial charge < -0.3 is 14.9 Å². The summed E-state index contributed by atoms with van der Waals surface area (Å²) in [6.07, 6.45) is 5.43. The van der Waals surface area contributed by atoms with Crippen LogP contribution in [0.1, 0.15) is 36.2 Å². The summed E-state index contributed by atoms with van der Waals surface area (Å²) in [5.74, 6) is 0.754. The number of aliphatic hydroxyl groups is 1. The van der Waals surface area contributed by atoms with Crippen LogP contribution in [0.5, 0.6) is 0 Å². The van der Waals surface area contributed by atoms with E-state index in [2.05, 4.69) is 14.9 Å². The van der Waals surface area contributed by atoms with E-state index in [0.29, 0.717) is 35.7 Å². The van der Waals surface area contributed by atoms with Crippen LogP contribution < -0.4 is 4.90 Å². The number of rotatable bonds is 3. The van der Waals surface area contributed by atoms with Crippen molar-refractivity contribution in [3.63, 3.8) is 0 Å². The zero-order valence-corrected chi connectivity index (χ0v) is 13.3. The Morgan fingerprint density at radius 3 is 2.59 bits per heavy atom.